The maximum Gasteiger partial charge on any atom is 0.304 e. The molecular formula is C7H13BrFO5PS. The Hall–Kier alpha value is 0.380. The quantitative estimate of drug-likeness (QED) is 0.279. The third-order valence-corrected chi connectivity index (χ3v) is 3.70. The van der Waals surface area contributed by atoms with E-state index in [1.807, 2.05) is 0 Å². The smallest absolute Gasteiger partial charge is 0.304 e. The standard InChI is InChI=1S/C7H13BrFO5PS/c1-6(10)12-5-13-7(2-3-9)4-14-16-15(8)11/h7,15H,2-5H2,1H3/t7-/m0/s1. The van der Waals surface area contributed by atoms with Gasteiger partial charge in [-0.25, -0.2) is 0 Å². The van der Waals surface area contributed by atoms with Crippen LogP contribution < -0.4 is 0 Å². The van der Waals surface area contributed by atoms with E-state index in [0.717, 1.165) is 11.7 Å². The number of halogens is 2. The van der Waals surface area contributed by atoms with Crippen molar-refractivity contribution in [2.45, 2.75) is 19.4 Å². The molecule has 0 radical (unpaired) electrons. The third-order valence-electron chi connectivity index (χ3n) is 1.38. The van der Waals surface area contributed by atoms with Crippen molar-refractivity contribution in [2.75, 3.05) is 20.1 Å². The van der Waals surface area contributed by atoms with Crippen molar-refractivity contribution in [3.63, 3.8) is 0 Å². The number of hydrogen-bond donors (Lipinski definition) is 0. The molecule has 0 spiro atoms. The maximum atomic E-state index is 12.1. The van der Waals surface area contributed by atoms with Crippen LogP contribution in [0.5, 0.6) is 0 Å². The van der Waals surface area contributed by atoms with Crippen LogP contribution in [0.25, 0.3) is 0 Å². The van der Waals surface area contributed by atoms with Gasteiger partial charge in [0.1, 0.15) is 0 Å². The van der Waals surface area contributed by atoms with Gasteiger partial charge in [-0.05, 0) is 15.5 Å². The molecule has 0 fully saturated rings. The van der Waals surface area contributed by atoms with Gasteiger partial charge in [-0.2, -0.15) is 0 Å². The first-order valence-corrected chi connectivity index (χ1v) is 9.49. The summed E-state index contributed by atoms with van der Waals surface area (Å²) in [6, 6.07) is 0. The van der Waals surface area contributed by atoms with Gasteiger partial charge in [0.25, 0.3) is 0 Å². The van der Waals surface area contributed by atoms with Crippen LogP contribution in [0.15, 0.2) is 0 Å². The molecule has 0 aromatic heterocycles. The molecule has 0 aliphatic heterocycles. The lowest BCUT2D eigenvalue weighted by Crippen LogP contribution is -2.21. The Morgan fingerprint density at radius 3 is 2.81 bits per heavy atom. The molecule has 0 aromatic carbocycles. The Bertz CT molecular complexity index is 213. The van der Waals surface area contributed by atoms with E-state index in [0.29, 0.717) is 0 Å². The number of carbonyl (C=O) groups is 1. The first kappa shape index (κ1) is 16.4. The Balaban J connectivity index is 3.69. The van der Waals surface area contributed by atoms with Crippen molar-refractivity contribution in [3.05, 3.63) is 0 Å². The molecule has 0 saturated carbocycles. The van der Waals surface area contributed by atoms with Crippen molar-refractivity contribution < 1.29 is 27.4 Å². The van der Waals surface area contributed by atoms with Crippen molar-refractivity contribution in [1.82, 2.24) is 0 Å². The van der Waals surface area contributed by atoms with Crippen LogP contribution in [0.2, 0.25) is 0 Å². The van der Waals surface area contributed by atoms with E-state index in [-0.39, 0.29) is 19.8 Å². The highest BCUT2D eigenvalue weighted by Crippen LogP contribution is 2.45. The van der Waals surface area contributed by atoms with Gasteiger partial charge < -0.3 is 18.2 Å². The summed E-state index contributed by atoms with van der Waals surface area (Å²) in [5, 5.41) is 0. The van der Waals surface area contributed by atoms with E-state index < -0.39 is 24.5 Å². The zero-order chi connectivity index (χ0) is 12.4. The Kier molecular flexibility index (Phi) is 10.8. The fourth-order valence-corrected chi connectivity index (χ4v) is 2.34. The van der Waals surface area contributed by atoms with Crippen LogP contribution in [-0.2, 0) is 23.0 Å². The fraction of sp³-hybridized carbons (Fsp3) is 0.857. The molecule has 0 N–H and O–H groups in total. The molecule has 5 nitrogen and oxygen atoms in total. The van der Waals surface area contributed by atoms with Gasteiger partial charge in [-0.1, -0.05) is 0 Å². The van der Waals surface area contributed by atoms with Crippen LogP contribution in [0.3, 0.4) is 0 Å². The molecule has 0 aliphatic carbocycles. The first-order chi connectivity index (χ1) is 7.56. The summed E-state index contributed by atoms with van der Waals surface area (Å²) in [7, 11) is 0. The van der Waals surface area contributed by atoms with E-state index in [1.165, 1.54) is 6.92 Å². The van der Waals surface area contributed by atoms with Gasteiger partial charge in [0, 0.05) is 13.3 Å². The van der Waals surface area contributed by atoms with Crippen LogP contribution in [0, 0.1) is 0 Å². The minimum Gasteiger partial charge on any atom is -0.439 e. The highest BCUT2D eigenvalue weighted by atomic mass is 79.9. The lowest BCUT2D eigenvalue weighted by molar-refractivity contribution is -0.159. The van der Waals surface area contributed by atoms with E-state index in [4.69, 9.17) is 8.92 Å². The van der Waals surface area contributed by atoms with Gasteiger partial charge in [-0.15, -0.1) is 0 Å². The van der Waals surface area contributed by atoms with Gasteiger partial charge in [-0.3, -0.25) is 9.18 Å². The summed E-state index contributed by atoms with van der Waals surface area (Å²) < 4.78 is 37.3. The number of hydrogen-bond acceptors (Lipinski definition) is 6. The molecular weight excluding hydrogens is 326 g/mol. The second-order valence-electron chi connectivity index (χ2n) is 2.63. The number of carbonyl (C=O) groups excluding carboxylic acids is 1. The zero-order valence-electron chi connectivity index (χ0n) is 8.61. The summed E-state index contributed by atoms with van der Waals surface area (Å²) in [6.07, 6.45) is -0.392. The topological polar surface area (TPSA) is 61.8 Å². The van der Waals surface area contributed by atoms with E-state index in [2.05, 4.69) is 20.2 Å². The Morgan fingerprint density at radius 2 is 2.31 bits per heavy atom. The zero-order valence-corrected chi connectivity index (χ0v) is 12.0. The number of rotatable bonds is 9. The molecule has 0 aromatic rings. The average molecular weight is 339 g/mol. The maximum absolute atomic E-state index is 12.1. The third kappa shape index (κ3) is 10.9. The molecule has 96 valence electrons. The molecule has 16 heavy (non-hydrogen) atoms. The molecule has 0 bridgehead atoms. The first-order valence-electron chi connectivity index (χ1n) is 4.36. The van der Waals surface area contributed by atoms with Gasteiger partial charge in [0.15, 0.2) is 6.79 Å². The summed E-state index contributed by atoms with van der Waals surface area (Å²) in [5.74, 6) is -0.472. The summed E-state index contributed by atoms with van der Waals surface area (Å²) in [5.41, 5.74) is -1.96. The van der Waals surface area contributed by atoms with Crippen molar-refractivity contribution >= 4 is 38.8 Å². The molecule has 9 heteroatoms. The van der Waals surface area contributed by atoms with Gasteiger partial charge in [0.05, 0.1) is 31.0 Å². The van der Waals surface area contributed by atoms with Gasteiger partial charge >= 0.3 is 5.97 Å². The molecule has 0 aliphatic rings. The number of esters is 1. The summed E-state index contributed by atoms with van der Waals surface area (Å²) >= 11 is 3.61. The van der Waals surface area contributed by atoms with Crippen LogP contribution >= 0.6 is 32.9 Å². The second-order valence-corrected chi connectivity index (χ2v) is 8.85. The fourth-order valence-electron chi connectivity index (χ4n) is 0.706. The van der Waals surface area contributed by atoms with Crippen LogP contribution in [0.4, 0.5) is 4.39 Å². The SMILES string of the molecule is CC(=O)OCO[C@@H](CCF)COS[PH](=O)Br. The molecule has 0 heterocycles. The highest BCUT2D eigenvalue weighted by molar-refractivity contribution is 9.45. The second kappa shape index (κ2) is 10.5. The molecule has 1 unspecified atom stereocenters. The van der Waals surface area contributed by atoms with Crippen LogP contribution in [0.1, 0.15) is 13.3 Å². The molecule has 0 saturated heterocycles. The van der Waals surface area contributed by atoms with Gasteiger partial charge in [0.2, 0.25) is 5.71 Å². The molecule has 0 amide bonds. The number of alkyl halides is 1. The highest BCUT2D eigenvalue weighted by Gasteiger charge is 2.11. The van der Waals surface area contributed by atoms with Crippen LogP contribution in [-0.4, -0.2) is 32.1 Å². The monoisotopic (exact) mass is 338 g/mol. The molecule has 2 atom stereocenters. The lowest BCUT2D eigenvalue weighted by Gasteiger charge is -2.15. The normalized spacial score (nSPS) is 14.4. The molecule has 0 rings (SSSR count). The van der Waals surface area contributed by atoms with Crippen molar-refractivity contribution in [3.8, 4) is 0 Å². The minimum atomic E-state index is -1.96. The van der Waals surface area contributed by atoms with Crippen molar-refractivity contribution in [1.29, 1.82) is 0 Å². The lowest BCUT2D eigenvalue weighted by atomic mass is 10.3. The summed E-state index contributed by atoms with van der Waals surface area (Å²) in [4.78, 5) is 10.4. The Morgan fingerprint density at radius 1 is 1.62 bits per heavy atom. The largest absolute Gasteiger partial charge is 0.439 e. The minimum absolute atomic E-state index is 0.0812. The van der Waals surface area contributed by atoms with E-state index in [9.17, 15) is 13.8 Å². The Labute approximate surface area is 106 Å². The number of ether oxygens (including phenoxy) is 2. The summed E-state index contributed by atoms with van der Waals surface area (Å²) in [6.45, 7) is 0.522. The van der Waals surface area contributed by atoms with Crippen molar-refractivity contribution in [2.24, 2.45) is 0 Å². The van der Waals surface area contributed by atoms with E-state index in [1.54, 1.807) is 0 Å². The predicted molar refractivity (Wildman–Crippen MR) is 63.6 cm³/mol. The average Bonchev–Trinajstić information content (AvgIpc) is 2.16. The van der Waals surface area contributed by atoms with E-state index >= 15 is 0 Å². The predicted octanol–water partition coefficient (Wildman–Crippen LogP) is 2.70.